The molecule has 1 aliphatic rings. The van der Waals surface area contributed by atoms with Gasteiger partial charge in [0.1, 0.15) is 0 Å². The van der Waals surface area contributed by atoms with Gasteiger partial charge in [-0.25, -0.2) is 13.4 Å². The van der Waals surface area contributed by atoms with E-state index in [1.807, 2.05) is 13.0 Å². The maximum atomic E-state index is 12.9. The number of benzene rings is 1. The molecule has 1 aliphatic heterocycles. The lowest BCUT2D eigenvalue weighted by atomic mass is 10.2. The molecule has 1 unspecified atom stereocenters. The molecule has 1 aromatic heterocycles. The van der Waals surface area contributed by atoms with Gasteiger partial charge in [0.25, 0.3) is 5.56 Å². The third kappa shape index (κ3) is 4.60. The molecule has 2 aromatic rings. The fourth-order valence-corrected chi connectivity index (χ4v) is 6.30. The van der Waals surface area contributed by atoms with Gasteiger partial charge < -0.3 is 4.90 Å². The quantitative estimate of drug-likeness (QED) is 0.458. The van der Waals surface area contributed by atoms with Crippen LogP contribution in [0.4, 0.5) is 0 Å². The highest BCUT2D eigenvalue weighted by molar-refractivity contribution is 9.10. The Kier molecular flexibility index (Phi) is 6.51. The predicted octanol–water partition coefficient (Wildman–Crippen LogP) is 2.31. The first-order chi connectivity index (χ1) is 13.2. The Morgan fingerprint density at radius 2 is 2.18 bits per heavy atom. The van der Waals surface area contributed by atoms with Gasteiger partial charge >= 0.3 is 0 Å². The van der Waals surface area contributed by atoms with Crippen molar-refractivity contribution in [3.05, 3.63) is 33.0 Å². The van der Waals surface area contributed by atoms with Crippen LogP contribution >= 0.6 is 27.7 Å². The summed E-state index contributed by atoms with van der Waals surface area (Å²) in [7, 11) is -1.41. The van der Waals surface area contributed by atoms with Crippen molar-refractivity contribution in [3.8, 4) is 0 Å². The molecule has 3 rings (SSSR count). The Bertz CT molecular complexity index is 1070. The van der Waals surface area contributed by atoms with Crippen LogP contribution in [0.2, 0.25) is 0 Å². The number of hydrogen-bond acceptors (Lipinski definition) is 6. The summed E-state index contributed by atoms with van der Waals surface area (Å²) in [6.07, 6.45) is 1.24. The maximum Gasteiger partial charge on any atom is 0.262 e. The van der Waals surface area contributed by atoms with Crippen molar-refractivity contribution >= 4 is 54.3 Å². The first kappa shape index (κ1) is 21.3. The summed E-state index contributed by atoms with van der Waals surface area (Å²) < 4.78 is 25.7. The highest BCUT2D eigenvalue weighted by Gasteiger charge is 2.32. The van der Waals surface area contributed by atoms with E-state index in [2.05, 4.69) is 20.9 Å². The molecule has 0 saturated carbocycles. The Morgan fingerprint density at radius 3 is 2.82 bits per heavy atom. The number of aromatic nitrogens is 2. The Labute approximate surface area is 176 Å². The largest absolute Gasteiger partial charge is 0.341 e. The minimum atomic E-state index is -3.05. The van der Waals surface area contributed by atoms with E-state index in [9.17, 15) is 18.0 Å². The number of amides is 1. The van der Waals surface area contributed by atoms with Gasteiger partial charge in [-0.15, -0.1) is 0 Å². The second-order valence-electron chi connectivity index (χ2n) is 6.86. The number of thioether (sulfide) groups is 1. The number of carbonyl (C=O) groups is 1. The summed E-state index contributed by atoms with van der Waals surface area (Å²) >= 11 is 4.60. The molecular formula is C18H22BrN3O4S2. The summed E-state index contributed by atoms with van der Waals surface area (Å²) in [5.41, 5.74) is 0.462. The average molecular weight is 488 g/mol. The first-order valence-corrected chi connectivity index (χ1v) is 12.6. The van der Waals surface area contributed by atoms with Crippen molar-refractivity contribution in [2.45, 2.75) is 37.5 Å². The normalized spacial score (nSPS) is 18.5. The predicted molar refractivity (Wildman–Crippen MR) is 115 cm³/mol. The molecule has 0 aliphatic carbocycles. The van der Waals surface area contributed by atoms with E-state index in [0.717, 1.165) is 10.9 Å². The van der Waals surface area contributed by atoms with E-state index < -0.39 is 9.84 Å². The monoisotopic (exact) mass is 487 g/mol. The smallest absolute Gasteiger partial charge is 0.262 e. The van der Waals surface area contributed by atoms with Crippen molar-refractivity contribution in [2.24, 2.45) is 0 Å². The molecule has 1 amide bonds. The van der Waals surface area contributed by atoms with Crippen LogP contribution in [0.5, 0.6) is 0 Å². The van der Waals surface area contributed by atoms with Crippen LogP contribution in [0, 0.1) is 0 Å². The zero-order chi connectivity index (χ0) is 20.5. The summed E-state index contributed by atoms with van der Waals surface area (Å²) in [4.78, 5) is 31.5. The first-order valence-electron chi connectivity index (χ1n) is 9.01. The molecule has 28 heavy (non-hydrogen) atoms. The zero-order valence-electron chi connectivity index (χ0n) is 15.7. The van der Waals surface area contributed by atoms with Crippen LogP contribution in [-0.4, -0.2) is 59.1 Å². The van der Waals surface area contributed by atoms with Gasteiger partial charge in [0.2, 0.25) is 5.91 Å². The average Bonchev–Trinajstić information content (AvgIpc) is 3.02. The number of sulfone groups is 1. The highest BCUT2D eigenvalue weighted by atomic mass is 79.9. The van der Waals surface area contributed by atoms with Crippen LogP contribution < -0.4 is 5.56 Å². The van der Waals surface area contributed by atoms with Crippen LogP contribution in [0.1, 0.15) is 19.8 Å². The Morgan fingerprint density at radius 1 is 1.43 bits per heavy atom. The molecule has 1 saturated heterocycles. The molecule has 0 spiro atoms. The van der Waals surface area contributed by atoms with Gasteiger partial charge in [-0.2, -0.15) is 0 Å². The van der Waals surface area contributed by atoms with Crippen LogP contribution in [0.25, 0.3) is 10.9 Å². The van der Waals surface area contributed by atoms with Gasteiger partial charge in [0.05, 0.1) is 28.2 Å². The molecule has 152 valence electrons. The van der Waals surface area contributed by atoms with E-state index >= 15 is 0 Å². The molecule has 1 atom stereocenters. The number of nitrogens with zero attached hydrogens (tertiary/aromatic N) is 3. The van der Waals surface area contributed by atoms with E-state index in [4.69, 9.17) is 0 Å². The summed E-state index contributed by atoms with van der Waals surface area (Å²) in [5.74, 6) is 0.0787. The van der Waals surface area contributed by atoms with Gasteiger partial charge in [-0.05, 0) is 31.0 Å². The molecular weight excluding hydrogens is 466 g/mol. The lowest BCUT2D eigenvalue weighted by Crippen LogP contribution is -2.39. The van der Waals surface area contributed by atoms with Crippen molar-refractivity contribution < 1.29 is 13.2 Å². The standard InChI is InChI=1S/C18H22BrN3O4S2/c1-3-7-22-17(24)14-9-12(19)4-5-15(14)20-18(22)27-10-16(23)21(2)13-6-8-28(25,26)11-13/h4-5,9,13H,3,6-8,10-11H2,1-2H3. The van der Waals surface area contributed by atoms with Crippen LogP contribution in [0.15, 0.2) is 32.6 Å². The third-order valence-electron chi connectivity index (χ3n) is 4.80. The van der Waals surface area contributed by atoms with E-state index in [-0.39, 0.29) is 34.8 Å². The summed E-state index contributed by atoms with van der Waals surface area (Å²) in [6.45, 7) is 2.49. The summed E-state index contributed by atoms with van der Waals surface area (Å²) in [5, 5.41) is 1.04. The molecule has 1 fully saturated rings. The highest BCUT2D eigenvalue weighted by Crippen LogP contribution is 2.22. The van der Waals surface area contributed by atoms with Crippen molar-refractivity contribution in [3.63, 3.8) is 0 Å². The second kappa shape index (κ2) is 8.54. The molecule has 7 nitrogen and oxygen atoms in total. The minimum absolute atomic E-state index is 0.0174. The molecule has 0 bridgehead atoms. The number of rotatable bonds is 6. The van der Waals surface area contributed by atoms with Crippen LogP contribution in [0.3, 0.4) is 0 Å². The lowest BCUT2D eigenvalue weighted by Gasteiger charge is -2.23. The number of fused-ring (bicyclic) bond motifs is 1. The van der Waals surface area contributed by atoms with Gasteiger partial charge in [-0.1, -0.05) is 34.6 Å². The van der Waals surface area contributed by atoms with E-state index in [0.29, 0.717) is 29.0 Å². The SMILES string of the molecule is CCCn1c(SCC(=O)N(C)C2CCS(=O)(=O)C2)nc2ccc(Br)cc2c1=O. The molecule has 1 aromatic carbocycles. The second-order valence-corrected chi connectivity index (χ2v) is 10.9. The maximum absolute atomic E-state index is 12.9. The Hall–Kier alpha value is -1.39. The molecule has 2 heterocycles. The molecule has 0 radical (unpaired) electrons. The van der Waals surface area contributed by atoms with Gasteiger partial charge in [-0.3, -0.25) is 14.2 Å². The van der Waals surface area contributed by atoms with Crippen molar-refractivity contribution in [1.29, 1.82) is 0 Å². The number of hydrogen-bond donors (Lipinski definition) is 0. The molecule has 0 N–H and O–H groups in total. The van der Waals surface area contributed by atoms with Crippen molar-refractivity contribution in [2.75, 3.05) is 24.3 Å². The fraction of sp³-hybridized carbons (Fsp3) is 0.500. The van der Waals surface area contributed by atoms with E-state index in [1.54, 1.807) is 23.7 Å². The lowest BCUT2D eigenvalue weighted by molar-refractivity contribution is -0.128. The van der Waals surface area contributed by atoms with Crippen LogP contribution in [-0.2, 0) is 21.2 Å². The topological polar surface area (TPSA) is 89.3 Å². The minimum Gasteiger partial charge on any atom is -0.341 e. The Balaban J connectivity index is 1.81. The fourth-order valence-electron chi connectivity index (χ4n) is 3.22. The molecule has 10 heteroatoms. The number of halogens is 1. The summed E-state index contributed by atoms with van der Waals surface area (Å²) in [6, 6.07) is 5.08. The van der Waals surface area contributed by atoms with Gasteiger partial charge in [0, 0.05) is 24.1 Å². The van der Waals surface area contributed by atoms with Gasteiger partial charge in [0.15, 0.2) is 15.0 Å². The van der Waals surface area contributed by atoms with E-state index in [1.165, 1.54) is 16.7 Å². The zero-order valence-corrected chi connectivity index (χ0v) is 18.9. The number of carbonyl (C=O) groups excluding carboxylic acids is 1. The van der Waals surface area contributed by atoms with Crippen molar-refractivity contribution in [1.82, 2.24) is 14.5 Å². The third-order valence-corrected chi connectivity index (χ3v) is 8.01.